The van der Waals surface area contributed by atoms with Gasteiger partial charge in [-0.15, -0.1) is 10.2 Å². The van der Waals surface area contributed by atoms with Crippen LogP contribution in [0.25, 0.3) is 0 Å². The van der Waals surface area contributed by atoms with Crippen LogP contribution in [0.15, 0.2) is 12.1 Å². The van der Waals surface area contributed by atoms with Gasteiger partial charge in [0.15, 0.2) is 5.69 Å². The van der Waals surface area contributed by atoms with Gasteiger partial charge in [-0.25, -0.2) is 0 Å². The minimum Gasteiger partial charge on any atom is -0.364 e. The third kappa shape index (κ3) is 4.12. The third-order valence-electron chi connectivity index (χ3n) is 3.84. The number of likely N-dealkylation sites (tertiary alicyclic amines) is 1. The molecule has 2 unspecified atom stereocenters. The number of hydrogen-bond acceptors (Lipinski definition) is 5. The maximum atomic E-state index is 13.0. The number of halogens is 3. The topological polar surface area (TPSA) is 87.2 Å². The minimum absolute atomic E-state index is 0.0710. The van der Waals surface area contributed by atoms with Gasteiger partial charge in [0.2, 0.25) is 5.91 Å². The Bertz CT molecular complexity index is 605. The molecule has 0 bridgehead atoms. The lowest BCUT2D eigenvalue weighted by atomic mass is 9.97. The van der Waals surface area contributed by atoms with E-state index in [4.69, 9.17) is 0 Å². The van der Waals surface area contributed by atoms with Crippen LogP contribution in [0.5, 0.6) is 0 Å². The highest BCUT2D eigenvalue weighted by atomic mass is 19.4. The standard InChI is InChI=1S/C14H18F3N5O2/c1-8(23)22-7-9(3-5-11(22)14(15,16)17)19-12-6-4-10(20-21-12)13(24)18-2/h4,6,9,11H,3,5,7H2,1-2H3,(H,18,24)(H,19,21). The predicted octanol–water partition coefficient (Wildman–Crippen LogP) is 1.19. The fraction of sp³-hybridized carbons (Fsp3) is 0.571. The highest BCUT2D eigenvalue weighted by Crippen LogP contribution is 2.32. The molecule has 0 aliphatic carbocycles. The van der Waals surface area contributed by atoms with E-state index in [9.17, 15) is 22.8 Å². The predicted molar refractivity (Wildman–Crippen MR) is 79.3 cm³/mol. The largest absolute Gasteiger partial charge is 0.408 e. The summed E-state index contributed by atoms with van der Waals surface area (Å²) in [7, 11) is 1.46. The van der Waals surface area contributed by atoms with Gasteiger partial charge in [0.1, 0.15) is 11.9 Å². The first kappa shape index (κ1) is 18.0. The van der Waals surface area contributed by atoms with Gasteiger partial charge in [0.05, 0.1) is 0 Å². The number of amides is 2. The lowest BCUT2D eigenvalue weighted by Crippen LogP contribution is -2.55. The smallest absolute Gasteiger partial charge is 0.364 e. The first-order chi connectivity index (χ1) is 11.2. The van der Waals surface area contributed by atoms with Gasteiger partial charge in [0, 0.05) is 26.6 Å². The van der Waals surface area contributed by atoms with E-state index in [1.54, 1.807) is 0 Å². The summed E-state index contributed by atoms with van der Waals surface area (Å²) in [6.07, 6.45) is -4.37. The summed E-state index contributed by atoms with van der Waals surface area (Å²) >= 11 is 0. The van der Waals surface area contributed by atoms with Crippen molar-refractivity contribution in [2.45, 2.75) is 38.0 Å². The lowest BCUT2D eigenvalue weighted by molar-refractivity contribution is -0.195. The number of anilines is 1. The SMILES string of the molecule is CNC(=O)c1ccc(NC2CCC(C(F)(F)F)N(C(C)=O)C2)nn1. The van der Waals surface area contributed by atoms with Crippen LogP contribution >= 0.6 is 0 Å². The van der Waals surface area contributed by atoms with Gasteiger partial charge >= 0.3 is 6.18 Å². The molecule has 2 amide bonds. The molecular weight excluding hydrogens is 327 g/mol. The Morgan fingerprint density at radius 1 is 1.25 bits per heavy atom. The quantitative estimate of drug-likeness (QED) is 0.859. The molecule has 2 atom stereocenters. The molecule has 10 heteroatoms. The zero-order valence-electron chi connectivity index (χ0n) is 13.2. The van der Waals surface area contributed by atoms with Crippen LogP contribution in [-0.2, 0) is 4.79 Å². The third-order valence-corrected chi connectivity index (χ3v) is 3.84. The average Bonchev–Trinajstić information content (AvgIpc) is 2.53. The van der Waals surface area contributed by atoms with Crippen molar-refractivity contribution in [3.8, 4) is 0 Å². The molecule has 24 heavy (non-hydrogen) atoms. The Hall–Kier alpha value is -2.39. The van der Waals surface area contributed by atoms with Gasteiger partial charge in [-0.2, -0.15) is 13.2 Å². The molecule has 1 aliphatic heterocycles. The molecule has 1 aromatic rings. The Morgan fingerprint density at radius 2 is 1.96 bits per heavy atom. The van der Waals surface area contributed by atoms with E-state index in [1.807, 2.05) is 0 Å². The molecule has 1 fully saturated rings. The lowest BCUT2D eigenvalue weighted by Gasteiger charge is -2.40. The normalized spacial score (nSPS) is 21.3. The van der Waals surface area contributed by atoms with Crippen molar-refractivity contribution in [3.05, 3.63) is 17.8 Å². The molecule has 2 rings (SSSR count). The minimum atomic E-state index is -4.44. The summed E-state index contributed by atoms with van der Waals surface area (Å²) in [6.45, 7) is 1.05. The zero-order chi connectivity index (χ0) is 17.9. The monoisotopic (exact) mass is 345 g/mol. The number of aromatic nitrogens is 2. The maximum Gasteiger partial charge on any atom is 0.408 e. The number of hydrogen-bond donors (Lipinski definition) is 2. The fourth-order valence-electron chi connectivity index (χ4n) is 2.64. The van der Waals surface area contributed by atoms with Crippen molar-refractivity contribution in [2.75, 3.05) is 18.9 Å². The first-order valence-corrected chi connectivity index (χ1v) is 7.38. The number of alkyl halides is 3. The maximum absolute atomic E-state index is 13.0. The molecule has 0 aromatic carbocycles. The van der Waals surface area contributed by atoms with Crippen molar-refractivity contribution in [3.63, 3.8) is 0 Å². The number of nitrogens with zero attached hydrogens (tertiary/aromatic N) is 3. The van der Waals surface area contributed by atoms with Crippen LogP contribution in [0.1, 0.15) is 30.3 Å². The van der Waals surface area contributed by atoms with Crippen LogP contribution in [-0.4, -0.2) is 58.8 Å². The van der Waals surface area contributed by atoms with Crippen molar-refractivity contribution >= 4 is 17.6 Å². The number of carbonyl (C=O) groups is 2. The van der Waals surface area contributed by atoms with Crippen LogP contribution in [0.3, 0.4) is 0 Å². The molecule has 1 saturated heterocycles. The summed E-state index contributed by atoms with van der Waals surface area (Å²) in [4.78, 5) is 23.7. The molecule has 1 aliphatic rings. The van der Waals surface area contributed by atoms with Gasteiger partial charge < -0.3 is 15.5 Å². The van der Waals surface area contributed by atoms with Gasteiger partial charge in [-0.05, 0) is 25.0 Å². The molecule has 0 spiro atoms. The highest BCUT2D eigenvalue weighted by molar-refractivity contribution is 5.91. The van der Waals surface area contributed by atoms with Gasteiger partial charge in [-0.3, -0.25) is 9.59 Å². The molecule has 132 valence electrons. The van der Waals surface area contributed by atoms with E-state index >= 15 is 0 Å². The van der Waals surface area contributed by atoms with E-state index in [1.165, 1.54) is 19.2 Å². The van der Waals surface area contributed by atoms with Crippen molar-refractivity contribution in [2.24, 2.45) is 0 Å². The van der Waals surface area contributed by atoms with Crippen molar-refractivity contribution < 1.29 is 22.8 Å². The molecule has 1 aromatic heterocycles. The number of carbonyl (C=O) groups excluding carboxylic acids is 2. The number of rotatable bonds is 3. The highest BCUT2D eigenvalue weighted by Gasteiger charge is 2.47. The molecule has 2 N–H and O–H groups in total. The van der Waals surface area contributed by atoms with Gasteiger partial charge in [0.25, 0.3) is 5.91 Å². The summed E-state index contributed by atoms with van der Waals surface area (Å²) in [5.74, 6) is -0.672. The van der Waals surface area contributed by atoms with Crippen LogP contribution < -0.4 is 10.6 Å². The van der Waals surface area contributed by atoms with Crippen LogP contribution in [0, 0.1) is 0 Å². The number of nitrogens with one attached hydrogen (secondary N) is 2. The fourth-order valence-corrected chi connectivity index (χ4v) is 2.64. The van der Waals surface area contributed by atoms with Crippen LogP contribution in [0.2, 0.25) is 0 Å². The molecular formula is C14H18F3N5O2. The Morgan fingerprint density at radius 3 is 2.46 bits per heavy atom. The Kier molecular flexibility index (Phi) is 5.25. The second-order valence-electron chi connectivity index (χ2n) is 5.53. The van der Waals surface area contributed by atoms with E-state index in [-0.39, 0.29) is 37.0 Å². The summed E-state index contributed by atoms with van der Waals surface area (Å²) in [5.41, 5.74) is 0.134. The van der Waals surface area contributed by atoms with E-state index in [0.717, 1.165) is 11.8 Å². The molecule has 7 nitrogen and oxygen atoms in total. The first-order valence-electron chi connectivity index (χ1n) is 7.38. The van der Waals surface area contributed by atoms with Gasteiger partial charge in [-0.1, -0.05) is 0 Å². The second kappa shape index (κ2) is 7.02. The average molecular weight is 345 g/mol. The van der Waals surface area contributed by atoms with E-state index < -0.39 is 18.1 Å². The van der Waals surface area contributed by atoms with Crippen LogP contribution in [0.4, 0.5) is 19.0 Å². The number of piperidine rings is 1. The zero-order valence-corrected chi connectivity index (χ0v) is 13.2. The molecule has 0 radical (unpaired) electrons. The van der Waals surface area contributed by atoms with Crippen molar-refractivity contribution in [1.82, 2.24) is 20.4 Å². The molecule has 0 saturated carbocycles. The summed E-state index contributed by atoms with van der Waals surface area (Å²) in [6, 6.07) is 0.853. The summed E-state index contributed by atoms with van der Waals surface area (Å²) < 4.78 is 39.0. The summed E-state index contributed by atoms with van der Waals surface area (Å²) in [5, 5.41) is 12.9. The second-order valence-corrected chi connectivity index (χ2v) is 5.53. The Labute approximate surface area is 136 Å². The molecule has 2 heterocycles. The van der Waals surface area contributed by atoms with E-state index in [0.29, 0.717) is 5.82 Å². The van der Waals surface area contributed by atoms with E-state index in [2.05, 4.69) is 20.8 Å². The van der Waals surface area contributed by atoms with Crippen molar-refractivity contribution in [1.29, 1.82) is 0 Å². The Balaban J connectivity index is 2.04.